The largest absolute Gasteiger partial charge is 0.481 e. The van der Waals surface area contributed by atoms with Crippen molar-refractivity contribution in [1.82, 2.24) is 15.0 Å². The van der Waals surface area contributed by atoms with Crippen LogP contribution in [-0.2, 0) is 17.6 Å². The van der Waals surface area contributed by atoms with Crippen LogP contribution in [-0.4, -0.2) is 38.5 Å². The first-order valence-electron chi connectivity index (χ1n) is 11.4. The summed E-state index contributed by atoms with van der Waals surface area (Å²) in [6.45, 7) is 4.79. The zero-order valence-electron chi connectivity index (χ0n) is 18.8. The van der Waals surface area contributed by atoms with Crippen molar-refractivity contribution in [3.63, 3.8) is 0 Å². The molecule has 2 aromatic rings. The molecule has 32 heavy (non-hydrogen) atoms. The van der Waals surface area contributed by atoms with Crippen LogP contribution in [0.1, 0.15) is 86.9 Å². The maximum atomic E-state index is 14.7. The highest BCUT2D eigenvalue weighted by Gasteiger charge is 2.34. The molecule has 0 bridgehead atoms. The van der Waals surface area contributed by atoms with Gasteiger partial charge in [-0.15, -0.1) is 0 Å². The lowest BCUT2D eigenvalue weighted by molar-refractivity contribution is -0.138. The molecule has 1 aliphatic heterocycles. The molecule has 0 spiro atoms. The maximum Gasteiger partial charge on any atom is 0.303 e. The van der Waals surface area contributed by atoms with Gasteiger partial charge in [-0.05, 0) is 49.3 Å². The second-order valence-electron chi connectivity index (χ2n) is 8.93. The van der Waals surface area contributed by atoms with Crippen LogP contribution < -0.4 is 5.32 Å². The number of hydrogen-bond acceptors (Lipinski definition) is 5. The first kappa shape index (κ1) is 24.0. The summed E-state index contributed by atoms with van der Waals surface area (Å²) < 4.78 is 29.4. The van der Waals surface area contributed by atoms with E-state index in [9.17, 15) is 18.7 Å². The van der Waals surface area contributed by atoms with Gasteiger partial charge in [-0.1, -0.05) is 19.9 Å². The van der Waals surface area contributed by atoms with Gasteiger partial charge in [0, 0.05) is 49.3 Å². The molecule has 1 aliphatic rings. The van der Waals surface area contributed by atoms with Gasteiger partial charge in [0.05, 0.1) is 6.42 Å². The molecule has 3 rings (SSSR count). The minimum atomic E-state index is -2.96. The van der Waals surface area contributed by atoms with Gasteiger partial charge in [0.25, 0.3) is 0 Å². The Balaban J connectivity index is 1.53. The molecule has 0 radical (unpaired) electrons. The molecule has 8 heteroatoms. The van der Waals surface area contributed by atoms with Crippen LogP contribution in [0.2, 0.25) is 0 Å². The number of rotatable bonds is 11. The van der Waals surface area contributed by atoms with Crippen LogP contribution in [0.25, 0.3) is 0 Å². The molecule has 0 saturated carbocycles. The molecule has 0 aromatic carbocycles. The minimum absolute atomic E-state index is 0.115. The number of nitrogens with one attached hydrogen (secondary N) is 1. The first-order chi connectivity index (χ1) is 15.2. The van der Waals surface area contributed by atoms with Gasteiger partial charge in [0.1, 0.15) is 11.6 Å². The van der Waals surface area contributed by atoms with E-state index in [1.807, 2.05) is 19.9 Å². The molecule has 6 nitrogen and oxygen atoms in total. The summed E-state index contributed by atoms with van der Waals surface area (Å²) in [5, 5.41) is 12.5. The van der Waals surface area contributed by atoms with Crippen molar-refractivity contribution in [3.8, 4) is 0 Å². The van der Waals surface area contributed by atoms with E-state index in [-0.39, 0.29) is 18.8 Å². The van der Waals surface area contributed by atoms with Crippen molar-refractivity contribution in [1.29, 1.82) is 0 Å². The lowest BCUT2D eigenvalue weighted by Gasteiger charge is -2.23. The topological polar surface area (TPSA) is 88.0 Å². The summed E-state index contributed by atoms with van der Waals surface area (Å²) in [5.41, 5.74) is 2.57. The van der Waals surface area contributed by atoms with Crippen LogP contribution in [0.4, 0.5) is 14.6 Å². The van der Waals surface area contributed by atoms with Gasteiger partial charge in [-0.2, -0.15) is 0 Å². The van der Waals surface area contributed by atoms with Gasteiger partial charge >= 0.3 is 5.97 Å². The Morgan fingerprint density at radius 3 is 2.66 bits per heavy atom. The third-order valence-electron chi connectivity index (χ3n) is 5.82. The summed E-state index contributed by atoms with van der Waals surface area (Å²) in [6, 6.07) is 4.05. The number of anilines is 1. The van der Waals surface area contributed by atoms with Crippen molar-refractivity contribution in [2.24, 2.45) is 0 Å². The third-order valence-corrected chi connectivity index (χ3v) is 5.82. The van der Waals surface area contributed by atoms with E-state index in [1.54, 1.807) is 0 Å². The van der Waals surface area contributed by atoms with Crippen molar-refractivity contribution in [3.05, 3.63) is 47.2 Å². The zero-order valence-corrected chi connectivity index (χ0v) is 18.8. The monoisotopic (exact) mass is 446 g/mol. The number of fused-ring (bicyclic) bond motifs is 1. The fourth-order valence-corrected chi connectivity index (χ4v) is 4.04. The fraction of sp³-hybridized carbons (Fsp3) is 0.583. The zero-order chi connectivity index (χ0) is 23.1. The number of carbonyl (C=O) groups is 1. The van der Waals surface area contributed by atoms with E-state index in [4.69, 9.17) is 0 Å². The van der Waals surface area contributed by atoms with Crippen molar-refractivity contribution >= 4 is 11.8 Å². The number of alkyl halides is 2. The predicted octanol–water partition coefficient (Wildman–Crippen LogP) is 5.35. The van der Waals surface area contributed by atoms with E-state index in [0.717, 1.165) is 30.9 Å². The molecule has 174 valence electrons. The number of carboxylic acids is 1. The molecule has 3 heterocycles. The van der Waals surface area contributed by atoms with Crippen LogP contribution in [0.15, 0.2) is 24.5 Å². The van der Waals surface area contributed by atoms with Crippen LogP contribution in [0.3, 0.4) is 0 Å². The molecule has 0 fully saturated rings. The van der Waals surface area contributed by atoms with Crippen molar-refractivity contribution < 1.29 is 18.7 Å². The normalized spacial score (nSPS) is 14.7. The summed E-state index contributed by atoms with van der Waals surface area (Å²) in [4.78, 5) is 24.3. The molecular weight excluding hydrogens is 414 g/mol. The van der Waals surface area contributed by atoms with Gasteiger partial charge in [-0.25, -0.2) is 23.7 Å². The predicted molar refractivity (Wildman–Crippen MR) is 119 cm³/mol. The Morgan fingerprint density at radius 2 is 1.97 bits per heavy atom. The quantitative estimate of drug-likeness (QED) is 0.453. The second-order valence-corrected chi connectivity index (χ2v) is 8.93. The molecule has 2 aromatic heterocycles. The Labute approximate surface area is 187 Å². The number of aromatic nitrogens is 3. The van der Waals surface area contributed by atoms with E-state index in [1.165, 1.54) is 18.0 Å². The summed E-state index contributed by atoms with van der Waals surface area (Å²) in [7, 11) is 0. The summed E-state index contributed by atoms with van der Waals surface area (Å²) >= 11 is 0. The molecule has 0 saturated heterocycles. The van der Waals surface area contributed by atoms with E-state index in [0.29, 0.717) is 30.7 Å². The summed E-state index contributed by atoms with van der Waals surface area (Å²) in [5.74, 6) is -3.24. The Hall–Kier alpha value is -2.64. The smallest absolute Gasteiger partial charge is 0.303 e. The number of halogens is 2. The highest BCUT2D eigenvalue weighted by Crippen LogP contribution is 2.36. The van der Waals surface area contributed by atoms with E-state index >= 15 is 0 Å². The van der Waals surface area contributed by atoms with Crippen molar-refractivity contribution in [2.45, 2.75) is 83.0 Å². The van der Waals surface area contributed by atoms with Crippen LogP contribution in [0.5, 0.6) is 0 Å². The Bertz CT molecular complexity index is 903. The number of aliphatic carboxylic acids is 1. The minimum Gasteiger partial charge on any atom is -0.481 e. The number of nitrogens with zero attached hydrogens (tertiary/aromatic N) is 3. The SMILES string of the molecule is CC(C)c1ncc([C@@H](CC(=O)O)CC(F)(F)CCCCc2ccc3c(n2)NCCC3)cn1. The van der Waals surface area contributed by atoms with Crippen LogP contribution >= 0.6 is 0 Å². The lowest BCUT2D eigenvalue weighted by atomic mass is 9.89. The van der Waals surface area contributed by atoms with Crippen LogP contribution in [0, 0.1) is 0 Å². The van der Waals surface area contributed by atoms with E-state index < -0.39 is 24.2 Å². The highest BCUT2D eigenvalue weighted by atomic mass is 19.3. The molecule has 0 amide bonds. The number of hydrogen-bond donors (Lipinski definition) is 2. The van der Waals surface area contributed by atoms with Gasteiger partial charge < -0.3 is 10.4 Å². The number of carboxylic acid groups (broad SMARTS) is 1. The standard InChI is InChI=1S/C24H32F2N4O2/c1-16(2)22-28-14-19(15-29-22)18(12-21(31)32)13-24(25,26)10-4-3-7-20-9-8-17-6-5-11-27-23(17)30-20/h8-9,14-16,18H,3-7,10-13H2,1-2H3,(H,27,30)(H,31,32)/t18-/m0/s1. The Kier molecular flexibility index (Phi) is 8.10. The number of unbranched alkanes of at least 4 members (excludes halogenated alkanes) is 1. The van der Waals surface area contributed by atoms with Gasteiger partial charge in [-0.3, -0.25) is 4.79 Å². The average molecular weight is 447 g/mol. The molecule has 0 aliphatic carbocycles. The van der Waals surface area contributed by atoms with E-state index in [2.05, 4.69) is 26.3 Å². The maximum absolute atomic E-state index is 14.7. The Morgan fingerprint density at radius 1 is 1.22 bits per heavy atom. The second kappa shape index (κ2) is 10.8. The highest BCUT2D eigenvalue weighted by molar-refractivity contribution is 5.68. The molecule has 2 N–H and O–H groups in total. The summed E-state index contributed by atoms with van der Waals surface area (Å²) in [6.07, 6.45) is 5.52. The number of pyridine rings is 1. The van der Waals surface area contributed by atoms with Gasteiger partial charge in [0.2, 0.25) is 5.92 Å². The van der Waals surface area contributed by atoms with Crippen molar-refractivity contribution in [2.75, 3.05) is 11.9 Å². The fourth-order valence-electron chi connectivity index (χ4n) is 4.04. The number of aryl methyl sites for hydroxylation is 2. The molecule has 0 unspecified atom stereocenters. The molecule has 1 atom stereocenters. The molecular formula is C24H32F2N4O2. The average Bonchev–Trinajstić information content (AvgIpc) is 2.76. The third kappa shape index (κ3) is 6.93. The van der Waals surface area contributed by atoms with Gasteiger partial charge in [0.15, 0.2) is 0 Å². The first-order valence-corrected chi connectivity index (χ1v) is 11.4. The lowest BCUT2D eigenvalue weighted by Crippen LogP contribution is -2.22.